The largest absolute Gasteiger partial charge is 0.393 e. The van der Waals surface area contributed by atoms with Gasteiger partial charge < -0.3 is 5.73 Å². The van der Waals surface area contributed by atoms with Crippen LogP contribution in [0.4, 0.5) is 5.69 Å². The van der Waals surface area contributed by atoms with Gasteiger partial charge in [-0.3, -0.25) is 9.89 Å². The molecule has 2 aromatic rings. The molecule has 0 aliphatic rings. The van der Waals surface area contributed by atoms with Gasteiger partial charge >= 0.3 is 0 Å². The maximum absolute atomic E-state index is 12.1. The van der Waals surface area contributed by atoms with Gasteiger partial charge in [0, 0.05) is 0 Å². The molecule has 0 spiro atoms. The molecule has 0 aliphatic carbocycles. The van der Waals surface area contributed by atoms with Crippen molar-refractivity contribution in [1.29, 1.82) is 0 Å². The summed E-state index contributed by atoms with van der Waals surface area (Å²) in [4.78, 5) is 12.1. The number of hydrogen-bond acceptors (Lipinski definition) is 2. The van der Waals surface area contributed by atoms with Crippen molar-refractivity contribution in [2.75, 3.05) is 5.73 Å². The Labute approximate surface area is 106 Å². The molecule has 4 nitrogen and oxygen atoms in total. The SMILES string of the molecule is CCCc1[nH]n(-c2cc(C)ccc2C)c(=O)c1N. The van der Waals surface area contributed by atoms with Gasteiger partial charge in [0.05, 0.1) is 11.4 Å². The fraction of sp³-hybridized carbons (Fsp3) is 0.357. The highest BCUT2D eigenvalue weighted by molar-refractivity contribution is 5.48. The van der Waals surface area contributed by atoms with Crippen LogP contribution < -0.4 is 11.3 Å². The second-order valence-corrected chi connectivity index (χ2v) is 4.68. The van der Waals surface area contributed by atoms with Crippen molar-refractivity contribution in [3.05, 3.63) is 45.4 Å². The van der Waals surface area contributed by atoms with E-state index < -0.39 is 0 Å². The Hall–Kier alpha value is -1.97. The molecule has 0 saturated heterocycles. The van der Waals surface area contributed by atoms with Gasteiger partial charge in [0.2, 0.25) is 0 Å². The van der Waals surface area contributed by atoms with E-state index in [9.17, 15) is 4.79 Å². The zero-order chi connectivity index (χ0) is 13.3. The van der Waals surface area contributed by atoms with E-state index in [1.165, 1.54) is 0 Å². The van der Waals surface area contributed by atoms with Crippen molar-refractivity contribution in [2.24, 2.45) is 0 Å². The number of nitrogens with one attached hydrogen (secondary N) is 1. The smallest absolute Gasteiger partial charge is 0.294 e. The van der Waals surface area contributed by atoms with E-state index >= 15 is 0 Å². The second-order valence-electron chi connectivity index (χ2n) is 4.68. The number of anilines is 1. The topological polar surface area (TPSA) is 63.8 Å². The number of hydrogen-bond donors (Lipinski definition) is 2. The lowest BCUT2D eigenvalue weighted by Crippen LogP contribution is -2.17. The molecule has 0 amide bonds. The third-order valence-corrected chi connectivity index (χ3v) is 3.11. The molecule has 4 heteroatoms. The normalized spacial score (nSPS) is 10.8. The summed E-state index contributed by atoms with van der Waals surface area (Å²) in [5, 5.41) is 3.11. The Bertz CT molecular complexity index is 622. The monoisotopic (exact) mass is 245 g/mol. The summed E-state index contributed by atoms with van der Waals surface area (Å²) in [6.07, 6.45) is 1.75. The maximum Gasteiger partial charge on any atom is 0.294 e. The summed E-state index contributed by atoms with van der Waals surface area (Å²) in [5.74, 6) is 0. The molecule has 96 valence electrons. The van der Waals surface area contributed by atoms with Crippen LogP contribution in [0.3, 0.4) is 0 Å². The van der Waals surface area contributed by atoms with Crippen molar-refractivity contribution in [2.45, 2.75) is 33.6 Å². The number of nitrogens with two attached hydrogens (primary N) is 1. The van der Waals surface area contributed by atoms with Crippen LogP contribution in [0.5, 0.6) is 0 Å². The van der Waals surface area contributed by atoms with E-state index in [1.54, 1.807) is 4.68 Å². The minimum Gasteiger partial charge on any atom is -0.393 e. The molecule has 0 unspecified atom stereocenters. The number of nitrogen functional groups attached to an aromatic ring is 1. The highest BCUT2D eigenvalue weighted by atomic mass is 16.1. The standard InChI is InChI=1S/C14H19N3O/c1-4-5-11-13(15)14(18)17(16-11)12-8-9(2)6-7-10(12)3/h6-8,16H,4-5,15H2,1-3H3. The van der Waals surface area contributed by atoms with Gasteiger partial charge in [-0.25, -0.2) is 4.68 Å². The second kappa shape index (κ2) is 4.72. The summed E-state index contributed by atoms with van der Waals surface area (Å²) in [5.41, 5.74) is 9.88. The van der Waals surface area contributed by atoms with Crippen LogP contribution in [0.1, 0.15) is 30.2 Å². The predicted octanol–water partition coefficient (Wildman–Crippen LogP) is 2.32. The number of aromatic amines is 1. The maximum atomic E-state index is 12.1. The van der Waals surface area contributed by atoms with Crippen LogP contribution >= 0.6 is 0 Å². The Morgan fingerprint density at radius 2 is 2.06 bits per heavy atom. The molecule has 1 heterocycles. The lowest BCUT2D eigenvalue weighted by molar-refractivity contribution is 0.789. The third kappa shape index (κ3) is 2.06. The fourth-order valence-electron chi connectivity index (χ4n) is 2.07. The van der Waals surface area contributed by atoms with Gasteiger partial charge in [0.1, 0.15) is 5.69 Å². The fourth-order valence-corrected chi connectivity index (χ4v) is 2.07. The van der Waals surface area contributed by atoms with Crippen LogP contribution in [0.2, 0.25) is 0 Å². The van der Waals surface area contributed by atoms with Crippen molar-refractivity contribution in [3.63, 3.8) is 0 Å². The molecule has 0 atom stereocenters. The summed E-state index contributed by atoms with van der Waals surface area (Å²) in [7, 11) is 0. The van der Waals surface area contributed by atoms with Gasteiger partial charge in [0.25, 0.3) is 5.56 Å². The van der Waals surface area contributed by atoms with Crippen LogP contribution in [-0.4, -0.2) is 9.78 Å². The predicted molar refractivity (Wildman–Crippen MR) is 74.3 cm³/mol. The summed E-state index contributed by atoms with van der Waals surface area (Å²) >= 11 is 0. The van der Waals surface area contributed by atoms with Crippen molar-refractivity contribution < 1.29 is 0 Å². The van der Waals surface area contributed by atoms with Crippen LogP contribution in [0.15, 0.2) is 23.0 Å². The van der Waals surface area contributed by atoms with E-state index in [4.69, 9.17) is 5.73 Å². The number of aryl methyl sites for hydroxylation is 3. The molecule has 1 aromatic carbocycles. The van der Waals surface area contributed by atoms with Gasteiger partial charge in [0.15, 0.2) is 0 Å². The zero-order valence-corrected chi connectivity index (χ0v) is 11.1. The molecule has 0 saturated carbocycles. The summed E-state index contributed by atoms with van der Waals surface area (Å²) in [6.45, 7) is 6.05. The van der Waals surface area contributed by atoms with E-state index in [0.29, 0.717) is 5.69 Å². The van der Waals surface area contributed by atoms with E-state index in [-0.39, 0.29) is 5.56 Å². The van der Waals surface area contributed by atoms with Gasteiger partial charge in [-0.2, -0.15) is 0 Å². The highest BCUT2D eigenvalue weighted by Crippen LogP contribution is 2.16. The van der Waals surface area contributed by atoms with Crippen molar-refractivity contribution in [1.82, 2.24) is 9.78 Å². The first-order chi connectivity index (χ1) is 8.54. The Morgan fingerprint density at radius 3 is 2.72 bits per heavy atom. The van der Waals surface area contributed by atoms with Crippen LogP contribution in [-0.2, 0) is 6.42 Å². The van der Waals surface area contributed by atoms with Crippen LogP contribution in [0.25, 0.3) is 5.69 Å². The first-order valence-corrected chi connectivity index (χ1v) is 6.21. The van der Waals surface area contributed by atoms with Gasteiger partial charge in [-0.1, -0.05) is 25.5 Å². The van der Waals surface area contributed by atoms with Gasteiger partial charge in [-0.05, 0) is 37.5 Å². The molecule has 0 radical (unpaired) electrons. The minimum atomic E-state index is -0.160. The number of benzene rings is 1. The van der Waals surface area contributed by atoms with E-state index in [0.717, 1.165) is 35.3 Å². The van der Waals surface area contributed by atoms with Gasteiger partial charge in [-0.15, -0.1) is 0 Å². The van der Waals surface area contributed by atoms with Crippen molar-refractivity contribution in [3.8, 4) is 5.69 Å². The first-order valence-electron chi connectivity index (χ1n) is 6.21. The Morgan fingerprint density at radius 1 is 1.33 bits per heavy atom. The number of H-pyrrole nitrogens is 1. The molecular formula is C14H19N3O. The average Bonchev–Trinajstić information content (AvgIpc) is 2.61. The first kappa shape index (κ1) is 12.5. The third-order valence-electron chi connectivity index (χ3n) is 3.11. The number of rotatable bonds is 3. The minimum absolute atomic E-state index is 0.160. The Kier molecular flexibility index (Phi) is 3.28. The van der Waals surface area contributed by atoms with E-state index in [1.807, 2.05) is 32.0 Å². The molecule has 0 aliphatic heterocycles. The molecule has 3 N–H and O–H groups in total. The van der Waals surface area contributed by atoms with E-state index in [2.05, 4.69) is 12.0 Å². The molecule has 2 rings (SSSR count). The summed E-state index contributed by atoms with van der Waals surface area (Å²) in [6, 6.07) is 6.03. The molecule has 0 bridgehead atoms. The van der Waals surface area contributed by atoms with Crippen molar-refractivity contribution >= 4 is 5.69 Å². The average molecular weight is 245 g/mol. The van der Waals surface area contributed by atoms with Crippen LogP contribution in [0, 0.1) is 13.8 Å². The zero-order valence-electron chi connectivity index (χ0n) is 11.1. The Balaban J connectivity index is 2.61. The molecular weight excluding hydrogens is 226 g/mol. The summed E-state index contributed by atoms with van der Waals surface area (Å²) < 4.78 is 1.54. The highest BCUT2D eigenvalue weighted by Gasteiger charge is 2.12. The molecule has 18 heavy (non-hydrogen) atoms. The molecule has 1 aromatic heterocycles. The quantitative estimate of drug-likeness (QED) is 0.871. The number of aromatic nitrogens is 2. The lowest BCUT2D eigenvalue weighted by atomic mass is 10.1. The molecule has 0 fully saturated rings. The lowest BCUT2D eigenvalue weighted by Gasteiger charge is -2.07. The number of nitrogens with zero attached hydrogens (tertiary/aromatic N) is 1.